The van der Waals surface area contributed by atoms with Crippen LogP contribution in [0.5, 0.6) is 11.5 Å². The summed E-state index contributed by atoms with van der Waals surface area (Å²) in [6.07, 6.45) is 0. The number of hydrogen-bond acceptors (Lipinski definition) is 5. The van der Waals surface area contributed by atoms with Gasteiger partial charge in [-0.25, -0.2) is 4.39 Å². The van der Waals surface area contributed by atoms with Gasteiger partial charge >= 0.3 is 7.12 Å². The monoisotopic (exact) mass is 359 g/mol. The Morgan fingerprint density at radius 2 is 1.73 bits per heavy atom. The minimum Gasteiger partial charge on any atom is -0.454 e. The van der Waals surface area contributed by atoms with Crippen molar-refractivity contribution in [1.82, 2.24) is 0 Å². The van der Waals surface area contributed by atoms with E-state index in [1.54, 1.807) is 18.2 Å². The van der Waals surface area contributed by atoms with E-state index >= 15 is 0 Å². The molecule has 6 nitrogen and oxygen atoms in total. The molecule has 0 unspecified atom stereocenters. The Morgan fingerprint density at radius 3 is 2.31 bits per heavy atom. The van der Waals surface area contributed by atoms with E-state index in [4.69, 9.17) is 14.0 Å². The zero-order chi connectivity index (χ0) is 19.1. The van der Waals surface area contributed by atoms with E-state index in [1.165, 1.54) is 12.1 Å². The number of halogens is 1. The summed E-state index contributed by atoms with van der Waals surface area (Å²) in [5.41, 5.74) is -0.540. The number of ether oxygens (including phenoxy) is 1. The first-order chi connectivity index (χ1) is 12.1. The van der Waals surface area contributed by atoms with Gasteiger partial charge in [-0.1, -0.05) is 12.1 Å². The van der Waals surface area contributed by atoms with Crippen LogP contribution in [0.4, 0.5) is 10.1 Å². The quantitative estimate of drug-likeness (QED) is 0.471. The van der Waals surface area contributed by atoms with Crippen LogP contribution in [0.15, 0.2) is 42.5 Å². The molecule has 0 N–H and O–H groups in total. The zero-order valence-electron chi connectivity index (χ0n) is 15.0. The van der Waals surface area contributed by atoms with Crippen molar-refractivity contribution >= 4 is 18.3 Å². The van der Waals surface area contributed by atoms with Crippen molar-refractivity contribution in [1.29, 1.82) is 0 Å². The molecule has 1 fully saturated rings. The lowest BCUT2D eigenvalue weighted by molar-refractivity contribution is -0.385. The fraction of sp³-hybridized carbons (Fsp3) is 0.333. The number of benzene rings is 2. The van der Waals surface area contributed by atoms with Crippen molar-refractivity contribution < 1.29 is 23.4 Å². The third-order valence-electron chi connectivity index (χ3n) is 4.74. The Balaban J connectivity index is 1.82. The molecule has 1 heterocycles. The standard InChI is InChI=1S/C18H19BFNO5/c1-17(2)18(3,4)26-19(25-17)12-6-5-7-14(10-12)24-16-9-8-13(21(22)23)11-15(16)20/h5-11H,1-4H3. The molecule has 1 saturated heterocycles. The molecule has 0 aliphatic carbocycles. The van der Waals surface area contributed by atoms with Crippen LogP contribution in [0.3, 0.4) is 0 Å². The van der Waals surface area contributed by atoms with Gasteiger partial charge in [0.1, 0.15) is 5.75 Å². The molecule has 0 amide bonds. The average Bonchev–Trinajstić information content (AvgIpc) is 2.77. The first-order valence-electron chi connectivity index (χ1n) is 8.16. The van der Waals surface area contributed by atoms with Gasteiger partial charge in [0.15, 0.2) is 11.6 Å². The van der Waals surface area contributed by atoms with E-state index in [-0.39, 0.29) is 11.4 Å². The summed E-state index contributed by atoms with van der Waals surface area (Å²) >= 11 is 0. The molecule has 2 aromatic rings. The second-order valence-electron chi connectivity index (χ2n) is 7.13. The molecule has 1 aliphatic heterocycles. The summed E-state index contributed by atoms with van der Waals surface area (Å²) in [6.45, 7) is 7.83. The minimum absolute atomic E-state index is 0.0957. The molecular weight excluding hydrogens is 340 g/mol. The highest BCUT2D eigenvalue weighted by Gasteiger charge is 2.51. The van der Waals surface area contributed by atoms with Crippen molar-refractivity contribution in [3.05, 3.63) is 58.4 Å². The Bertz CT molecular complexity index is 839. The smallest absolute Gasteiger partial charge is 0.454 e. The molecule has 0 saturated carbocycles. The van der Waals surface area contributed by atoms with Gasteiger partial charge in [0, 0.05) is 6.07 Å². The van der Waals surface area contributed by atoms with E-state index in [0.29, 0.717) is 5.75 Å². The van der Waals surface area contributed by atoms with Crippen LogP contribution in [0.2, 0.25) is 0 Å². The fourth-order valence-electron chi connectivity index (χ4n) is 2.52. The highest BCUT2D eigenvalue weighted by molar-refractivity contribution is 6.62. The van der Waals surface area contributed by atoms with E-state index in [9.17, 15) is 14.5 Å². The lowest BCUT2D eigenvalue weighted by Crippen LogP contribution is -2.41. The molecule has 8 heteroatoms. The second-order valence-corrected chi connectivity index (χ2v) is 7.13. The van der Waals surface area contributed by atoms with Gasteiger partial charge in [-0.15, -0.1) is 0 Å². The van der Waals surface area contributed by atoms with Crippen molar-refractivity contribution in [2.45, 2.75) is 38.9 Å². The van der Waals surface area contributed by atoms with Crippen LogP contribution in [0, 0.1) is 15.9 Å². The maximum Gasteiger partial charge on any atom is 0.494 e. The van der Waals surface area contributed by atoms with E-state index in [2.05, 4.69) is 0 Å². The Hall–Kier alpha value is -2.45. The third kappa shape index (κ3) is 3.43. The normalized spacial score (nSPS) is 18.0. The van der Waals surface area contributed by atoms with Crippen LogP contribution in [0.1, 0.15) is 27.7 Å². The summed E-state index contributed by atoms with van der Waals surface area (Å²) in [4.78, 5) is 10.0. The van der Waals surface area contributed by atoms with Gasteiger partial charge in [-0.05, 0) is 51.4 Å². The Kier molecular flexibility index (Phi) is 4.50. The maximum absolute atomic E-state index is 14.0. The predicted molar refractivity (Wildman–Crippen MR) is 95.3 cm³/mol. The van der Waals surface area contributed by atoms with Crippen molar-refractivity contribution in [2.75, 3.05) is 0 Å². The third-order valence-corrected chi connectivity index (χ3v) is 4.74. The van der Waals surface area contributed by atoms with Gasteiger partial charge in [-0.2, -0.15) is 0 Å². The summed E-state index contributed by atoms with van der Waals surface area (Å²) < 4.78 is 31.6. The average molecular weight is 359 g/mol. The molecule has 3 rings (SSSR count). The molecule has 26 heavy (non-hydrogen) atoms. The van der Waals surface area contributed by atoms with E-state index < -0.39 is 29.1 Å². The second kappa shape index (κ2) is 6.37. The molecule has 2 aromatic carbocycles. The fourth-order valence-corrected chi connectivity index (χ4v) is 2.52. The largest absolute Gasteiger partial charge is 0.494 e. The number of nitrogens with zero attached hydrogens (tertiary/aromatic N) is 1. The van der Waals surface area contributed by atoms with Crippen LogP contribution in [0.25, 0.3) is 0 Å². The molecule has 0 aromatic heterocycles. The maximum atomic E-state index is 14.0. The van der Waals surface area contributed by atoms with Crippen LogP contribution in [-0.4, -0.2) is 23.2 Å². The summed E-state index contributed by atoms with van der Waals surface area (Å²) in [5, 5.41) is 10.7. The van der Waals surface area contributed by atoms with Gasteiger partial charge in [0.05, 0.1) is 22.2 Å². The number of nitro groups is 1. The van der Waals surface area contributed by atoms with Crippen LogP contribution < -0.4 is 10.2 Å². The molecule has 1 aliphatic rings. The van der Waals surface area contributed by atoms with Crippen molar-refractivity contribution in [3.63, 3.8) is 0 Å². The molecule has 0 radical (unpaired) electrons. The van der Waals surface area contributed by atoms with E-state index in [0.717, 1.165) is 11.5 Å². The zero-order valence-corrected chi connectivity index (χ0v) is 15.0. The number of nitro benzene ring substituents is 1. The van der Waals surface area contributed by atoms with Gasteiger partial charge in [-0.3, -0.25) is 10.1 Å². The van der Waals surface area contributed by atoms with Crippen molar-refractivity contribution in [3.8, 4) is 11.5 Å². The van der Waals surface area contributed by atoms with Crippen LogP contribution >= 0.6 is 0 Å². The summed E-state index contributed by atoms with van der Waals surface area (Å²) in [7, 11) is -0.565. The van der Waals surface area contributed by atoms with Crippen LogP contribution in [-0.2, 0) is 9.31 Å². The number of rotatable bonds is 4. The first-order valence-corrected chi connectivity index (χ1v) is 8.16. The number of non-ortho nitro benzene ring substituents is 1. The molecule has 136 valence electrons. The van der Waals surface area contributed by atoms with Gasteiger partial charge in [0.25, 0.3) is 5.69 Å². The van der Waals surface area contributed by atoms with Gasteiger partial charge < -0.3 is 14.0 Å². The topological polar surface area (TPSA) is 70.8 Å². The van der Waals surface area contributed by atoms with Gasteiger partial charge in [0.2, 0.25) is 0 Å². The Labute approximate surface area is 151 Å². The SMILES string of the molecule is CC1(C)OB(c2cccc(Oc3ccc([N+](=O)[O-])cc3F)c2)OC1(C)C. The molecular formula is C18H19BFNO5. The lowest BCUT2D eigenvalue weighted by Gasteiger charge is -2.32. The summed E-state index contributed by atoms with van der Waals surface area (Å²) in [6, 6.07) is 10.2. The lowest BCUT2D eigenvalue weighted by atomic mass is 9.79. The highest BCUT2D eigenvalue weighted by Crippen LogP contribution is 2.36. The first kappa shape index (κ1) is 18.3. The Morgan fingerprint density at radius 1 is 1.08 bits per heavy atom. The molecule has 0 bridgehead atoms. The van der Waals surface area contributed by atoms with E-state index in [1.807, 2.05) is 33.8 Å². The van der Waals surface area contributed by atoms with Crippen molar-refractivity contribution in [2.24, 2.45) is 0 Å². The highest BCUT2D eigenvalue weighted by atomic mass is 19.1. The predicted octanol–water partition coefficient (Wildman–Crippen LogP) is 3.83. The molecule has 0 spiro atoms. The minimum atomic E-state index is -0.805. The molecule has 0 atom stereocenters. The summed E-state index contributed by atoms with van der Waals surface area (Å²) in [5.74, 6) is -0.521. The number of hydrogen-bond donors (Lipinski definition) is 0.